The minimum atomic E-state index is 0.522. The maximum absolute atomic E-state index is 10.1. The first-order chi connectivity index (χ1) is 7.74. The molecule has 2 unspecified atom stereocenters. The Balaban J connectivity index is 1.89. The number of rotatable bonds is 1. The molecule has 0 spiro atoms. The number of hydrogen-bond donors (Lipinski definition) is 2. The summed E-state index contributed by atoms with van der Waals surface area (Å²) in [6.07, 6.45) is 5.00. The molecule has 0 aliphatic carbocycles. The summed E-state index contributed by atoms with van der Waals surface area (Å²) in [6.45, 7) is 1.98. The Morgan fingerprint density at radius 1 is 1.19 bits per heavy atom. The molecular formula is C14H19NO. The molecule has 2 fully saturated rings. The fourth-order valence-electron chi connectivity index (χ4n) is 3.32. The molecule has 2 bridgehead atoms. The lowest BCUT2D eigenvalue weighted by Gasteiger charge is -2.30. The summed E-state index contributed by atoms with van der Waals surface area (Å²) in [6, 6.07) is 7.51. The molecule has 2 heteroatoms. The van der Waals surface area contributed by atoms with Crippen molar-refractivity contribution in [3.8, 4) is 5.75 Å². The summed E-state index contributed by atoms with van der Waals surface area (Å²) in [4.78, 5) is 0. The molecule has 2 aliphatic rings. The van der Waals surface area contributed by atoms with E-state index in [0.29, 0.717) is 23.8 Å². The molecule has 1 aromatic carbocycles. The smallest absolute Gasteiger partial charge is 0.121 e. The molecule has 2 N–H and O–H groups in total. The molecule has 2 saturated heterocycles. The Hall–Kier alpha value is -1.02. The monoisotopic (exact) mass is 217 g/mol. The lowest BCUT2D eigenvalue weighted by atomic mass is 9.85. The van der Waals surface area contributed by atoms with E-state index in [9.17, 15) is 5.11 Å². The number of para-hydroxylation sites is 1. The maximum atomic E-state index is 10.1. The molecule has 2 nitrogen and oxygen atoms in total. The van der Waals surface area contributed by atoms with Gasteiger partial charge in [0.05, 0.1) is 0 Å². The van der Waals surface area contributed by atoms with Crippen molar-refractivity contribution >= 4 is 0 Å². The van der Waals surface area contributed by atoms with E-state index in [1.165, 1.54) is 31.2 Å². The average molecular weight is 217 g/mol. The highest BCUT2D eigenvalue weighted by atomic mass is 16.3. The highest BCUT2D eigenvalue weighted by Gasteiger charge is 2.34. The number of aryl methyl sites for hydroxylation is 1. The number of fused-ring (bicyclic) bond motifs is 2. The normalized spacial score (nSPS) is 32.9. The van der Waals surface area contributed by atoms with Crippen LogP contribution in [-0.2, 0) is 0 Å². The Labute approximate surface area is 96.7 Å². The van der Waals surface area contributed by atoms with E-state index >= 15 is 0 Å². The second-order valence-electron chi connectivity index (χ2n) is 5.32. The Bertz CT molecular complexity index is 390. The summed E-state index contributed by atoms with van der Waals surface area (Å²) >= 11 is 0. The van der Waals surface area contributed by atoms with Crippen molar-refractivity contribution < 1.29 is 5.11 Å². The van der Waals surface area contributed by atoms with Gasteiger partial charge in [-0.2, -0.15) is 0 Å². The van der Waals surface area contributed by atoms with E-state index in [2.05, 4.69) is 17.4 Å². The van der Waals surface area contributed by atoms with Crippen LogP contribution >= 0.6 is 0 Å². The van der Waals surface area contributed by atoms with E-state index in [1.807, 2.05) is 13.0 Å². The number of phenolic OH excluding ortho intramolecular Hbond substituents is 1. The molecule has 3 rings (SSSR count). The quantitative estimate of drug-likeness (QED) is 0.758. The topological polar surface area (TPSA) is 32.3 Å². The average Bonchev–Trinajstić information content (AvgIpc) is 2.62. The van der Waals surface area contributed by atoms with Gasteiger partial charge in [-0.15, -0.1) is 0 Å². The van der Waals surface area contributed by atoms with Gasteiger partial charge in [0.15, 0.2) is 0 Å². The van der Waals surface area contributed by atoms with Crippen LogP contribution in [0.15, 0.2) is 18.2 Å². The minimum Gasteiger partial charge on any atom is -0.507 e. The third-order valence-electron chi connectivity index (χ3n) is 4.18. The highest BCUT2D eigenvalue weighted by molar-refractivity contribution is 5.42. The van der Waals surface area contributed by atoms with Gasteiger partial charge < -0.3 is 10.4 Å². The highest BCUT2D eigenvalue weighted by Crippen LogP contribution is 2.40. The standard InChI is InChI=1S/C14H19NO/c1-9-3-2-4-13(14(9)16)10-7-11-5-6-12(8-10)15-11/h2-4,10-12,15-16H,5-8H2,1H3. The molecule has 0 saturated carbocycles. The molecule has 1 aromatic rings. The predicted molar refractivity (Wildman–Crippen MR) is 64.8 cm³/mol. The van der Waals surface area contributed by atoms with Crippen LogP contribution < -0.4 is 5.32 Å². The van der Waals surface area contributed by atoms with Gasteiger partial charge in [-0.05, 0) is 49.7 Å². The fourth-order valence-corrected chi connectivity index (χ4v) is 3.32. The van der Waals surface area contributed by atoms with Gasteiger partial charge in [-0.3, -0.25) is 0 Å². The molecule has 2 aliphatic heterocycles. The number of nitrogens with one attached hydrogen (secondary N) is 1. The predicted octanol–water partition coefficient (Wildman–Crippen LogP) is 2.70. The molecule has 2 heterocycles. The second kappa shape index (κ2) is 3.77. The van der Waals surface area contributed by atoms with Crippen LogP contribution in [0.3, 0.4) is 0 Å². The number of phenols is 1. The van der Waals surface area contributed by atoms with Crippen LogP contribution in [-0.4, -0.2) is 17.2 Å². The fraction of sp³-hybridized carbons (Fsp3) is 0.571. The molecule has 0 aromatic heterocycles. The number of aromatic hydroxyl groups is 1. The summed E-state index contributed by atoms with van der Waals surface area (Å²) in [7, 11) is 0. The van der Waals surface area contributed by atoms with Crippen LogP contribution in [0.1, 0.15) is 42.7 Å². The van der Waals surface area contributed by atoms with Gasteiger partial charge in [0.25, 0.3) is 0 Å². The number of piperidine rings is 1. The van der Waals surface area contributed by atoms with Crippen LogP contribution in [0.25, 0.3) is 0 Å². The lowest BCUT2D eigenvalue weighted by molar-refractivity contribution is 0.353. The molecule has 0 radical (unpaired) electrons. The van der Waals surface area contributed by atoms with Crippen LogP contribution in [0.5, 0.6) is 5.75 Å². The van der Waals surface area contributed by atoms with Gasteiger partial charge in [0, 0.05) is 12.1 Å². The number of hydrogen-bond acceptors (Lipinski definition) is 2. The van der Waals surface area contributed by atoms with Crippen molar-refractivity contribution in [2.45, 2.75) is 50.6 Å². The number of benzene rings is 1. The Morgan fingerprint density at radius 3 is 2.56 bits per heavy atom. The van der Waals surface area contributed by atoms with E-state index in [4.69, 9.17) is 0 Å². The van der Waals surface area contributed by atoms with E-state index in [1.54, 1.807) is 0 Å². The summed E-state index contributed by atoms with van der Waals surface area (Å²) < 4.78 is 0. The Kier molecular flexibility index (Phi) is 2.40. The van der Waals surface area contributed by atoms with Crippen molar-refractivity contribution in [1.82, 2.24) is 5.32 Å². The largest absolute Gasteiger partial charge is 0.507 e. The van der Waals surface area contributed by atoms with Crippen molar-refractivity contribution in [2.24, 2.45) is 0 Å². The third kappa shape index (κ3) is 1.61. The lowest BCUT2D eigenvalue weighted by Crippen LogP contribution is -2.37. The van der Waals surface area contributed by atoms with Gasteiger partial charge >= 0.3 is 0 Å². The van der Waals surface area contributed by atoms with Crippen molar-refractivity contribution in [1.29, 1.82) is 0 Å². The van der Waals surface area contributed by atoms with Gasteiger partial charge in [-0.25, -0.2) is 0 Å². The van der Waals surface area contributed by atoms with Gasteiger partial charge in [0.1, 0.15) is 5.75 Å². The first-order valence-corrected chi connectivity index (χ1v) is 6.28. The summed E-state index contributed by atoms with van der Waals surface area (Å²) in [5, 5.41) is 13.8. The first-order valence-electron chi connectivity index (χ1n) is 6.28. The molecular weight excluding hydrogens is 198 g/mol. The van der Waals surface area contributed by atoms with E-state index in [0.717, 1.165) is 5.56 Å². The zero-order valence-corrected chi connectivity index (χ0v) is 9.74. The molecule has 0 amide bonds. The second-order valence-corrected chi connectivity index (χ2v) is 5.32. The van der Waals surface area contributed by atoms with Gasteiger partial charge in [-0.1, -0.05) is 18.2 Å². The first kappa shape index (κ1) is 10.2. The molecule has 86 valence electrons. The Morgan fingerprint density at radius 2 is 1.88 bits per heavy atom. The van der Waals surface area contributed by atoms with Crippen LogP contribution in [0.2, 0.25) is 0 Å². The SMILES string of the molecule is Cc1cccc(C2CC3CCC(C2)N3)c1O. The van der Waals surface area contributed by atoms with Crippen LogP contribution in [0, 0.1) is 6.92 Å². The zero-order valence-electron chi connectivity index (χ0n) is 9.74. The summed E-state index contributed by atoms with van der Waals surface area (Å²) in [5.74, 6) is 1.08. The van der Waals surface area contributed by atoms with Crippen molar-refractivity contribution in [3.63, 3.8) is 0 Å². The zero-order chi connectivity index (χ0) is 11.1. The third-order valence-corrected chi connectivity index (χ3v) is 4.18. The summed E-state index contributed by atoms with van der Waals surface area (Å²) in [5.41, 5.74) is 2.17. The van der Waals surface area contributed by atoms with Crippen LogP contribution in [0.4, 0.5) is 0 Å². The van der Waals surface area contributed by atoms with Crippen molar-refractivity contribution in [2.75, 3.05) is 0 Å². The van der Waals surface area contributed by atoms with Gasteiger partial charge in [0.2, 0.25) is 0 Å². The van der Waals surface area contributed by atoms with E-state index < -0.39 is 0 Å². The minimum absolute atomic E-state index is 0.522. The molecule has 16 heavy (non-hydrogen) atoms. The van der Waals surface area contributed by atoms with Crippen molar-refractivity contribution in [3.05, 3.63) is 29.3 Å². The maximum Gasteiger partial charge on any atom is 0.121 e. The van der Waals surface area contributed by atoms with E-state index in [-0.39, 0.29) is 0 Å². The molecule has 2 atom stereocenters.